The van der Waals surface area contributed by atoms with E-state index in [0.717, 1.165) is 0 Å². The van der Waals surface area contributed by atoms with Crippen LogP contribution >= 0.6 is 0 Å². The van der Waals surface area contributed by atoms with Gasteiger partial charge < -0.3 is 24.4 Å². The van der Waals surface area contributed by atoms with Crippen LogP contribution in [0.2, 0.25) is 0 Å². The molecule has 3 rings (SSSR count). The fraction of sp³-hybridized carbons (Fsp3) is 0.263. The summed E-state index contributed by atoms with van der Waals surface area (Å²) >= 11 is 0. The molecule has 2 atom stereocenters. The van der Waals surface area contributed by atoms with Gasteiger partial charge in [0.15, 0.2) is 17.3 Å². The molecule has 0 saturated carbocycles. The van der Waals surface area contributed by atoms with Gasteiger partial charge in [0, 0.05) is 0 Å². The van der Waals surface area contributed by atoms with Gasteiger partial charge in [-0.3, -0.25) is 4.79 Å². The van der Waals surface area contributed by atoms with Crippen LogP contribution in [-0.4, -0.2) is 34.9 Å². The maximum Gasteiger partial charge on any atom is 0.343 e. The van der Waals surface area contributed by atoms with Gasteiger partial charge in [-0.05, 0) is 49.7 Å². The van der Waals surface area contributed by atoms with Crippen LogP contribution in [0.3, 0.4) is 0 Å². The number of esters is 1. The lowest BCUT2D eigenvalue weighted by molar-refractivity contribution is 0.0304. The summed E-state index contributed by atoms with van der Waals surface area (Å²) in [6, 6.07) is 8.96. The van der Waals surface area contributed by atoms with Gasteiger partial charge in [0.1, 0.15) is 11.9 Å². The fourth-order valence-corrected chi connectivity index (χ4v) is 2.56. The summed E-state index contributed by atoms with van der Waals surface area (Å²) in [6.07, 6.45) is -2.15. The van der Waals surface area contributed by atoms with Crippen LogP contribution in [0.5, 0.6) is 17.2 Å². The van der Waals surface area contributed by atoms with E-state index in [4.69, 9.17) is 14.2 Å². The molecule has 26 heavy (non-hydrogen) atoms. The lowest BCUT2D eigenvalue weighted by Gasteiger charge is -2.16. The molecule has 0 spiro atoms. The number of ketones is 1. The molecule has 0 radical (unpaired) electrons. The number of ether oxygens (including phenoxy) is 3. The Morgan fingerprint density at radius 3 is 2.50 bits per heavy atom. The van der Waals surface area contributed by atoms with Gasteiger partial charge in [0.2, 0.25) is 6.79 Å². The minimum atomic E-state index is -1.15. The number of carbonyl (C=O) groups is 2. The second kappa shape index (κ2) is 7.15. The Kier molecular flexibility index (Phi) is 4.92. The second-order valence-electron chi connectivity index (χ2n) is 5.95. The molecule has 1 heterocycles. The molecular weight excluding hydrogens is 340 g/mol. The molecule has 0 aromatic heterocycles. The molecule has 0 amide bonds. The zero-order valence-corrected chi connectivity index (χ0v) is 14.3. The number of aliphatic hydroxyl groups is 2. The van der Waals surface area contributed by atoms with Gasteiger partial charge in [-0.15, -0.1) is 0 Å². The van der Waals surface area contributed by atoms with E-state index in [-0.39, 0.29) is 29.5 Å². The van der Waals surface area contributed by atoms with Crippen LogP contribution in [0, 0.1) is 0 Å². The summed E-state index contributed by atoms with van der Waals surface area (Å²) in [5.74, 6) is 0.0681. The van der Waals surface area contributed by atoms with Crippen molar-refractivity contribution in [1.29, 1.82) is 0 Å². The normalized spacial score (nSPS) is 14.6. The fourth-order valence-electron chi connectivity index (χ4n) is 2.56. The third kappa shape index (κ3) is 3.54. The number of carbonyl (C=O) groups excluding carboxylic acids is 2. The van der Waals surface area contributed by atoms with Crippen molar-refractivity contribution in [1.82, 2.24) is 0 Å². The van der Waals surface area contributed by atoms with E-state index in [9.17, 15) is 19.8 Å². The van der Waals surface area contributed by atoms with E-state index in [2.05, 4.69) is 0 Å². The third-order valence-corrected chi connectivity index (χ3v) is 3.99. The standard InChI is InChI=1S/C19H18O7/c1-10(20)14-7-12(18(22)11(2)21)3-5-15(14)26-19(23)13-4-6-16-17(8-13)25-9-24-16/h3-8,11,18,21-22H,9H2,1-2H3/t11-,18-/m1/s1. The molecule has 0 unspecified atom stereocenters. The van der Waals surface area contributed by atoms with Crippen LogP contribution in [0.25, 0.3) is 0 Å². The molecule has 0 saturated heterocycles. The number of rotatable bonds is 5. The Morgan fingerprint density at radius 2 is 1.81 bits per heavy atom. The molecule has 1 aliphatic heterocycles. The molecular formula is C19H18O7. The Morgan fingerprint density at radius 1 is 1.08 bits per heavy atom. The number of benzene rings is 2. The Balaban J connectivity index is 1.86. The molecule has 7 heteroatoms. The van der Waals surface area contributed by atoms with Gasteiger partial charge in [-0.1, -0.05) is 6.07 Å². The molecule has 2 aromatic rings. The largest absolute Gasteiger partial charge is 0.454 e. The van der Waals surface area contributed by atoms with Crippen LogP contribution in [-0.2, 0) is 0 Å². The van der Waals surface area contributed by atoms with Gasteiger partial charge in [-0.2, -0.15) is 0 Å². The zero-order chi connectivity index (χ0) is 18.8. The van der Waals surface area contributed by atoms with E-state index in [1.165, 1.54) is 44.2 Å². The smallest absolute Gasteiger partial charge is 0.343 e. The summed E-state index contributed by atoms with van der Waals surface area (Å²) in [5, 5.41) is 19.5. The number of hydrogen-bond acceptors (Lipinski definition) is 7. The van der Waals surface area contributed by atoms with Gasteiger partial charge in [0.25, 0.3) is 0 Å². The topological polar surface area (TPSA) is 102 Å². The SMILES string of the molecule is CC(=O)c1cc([C@H](O)[C@@H](C)O)ccc1OC(=O)c1ccc2c(c1)OCO2. The minimum Gasteiger partial charge on any atom is -0.454 e. The quantitative estimate of drug-likeness (QED) is 0.480. The van der Waals surface area contributed by atoms with Crippen molar-refractivity contribution in [3.8, 4) is 17.2 Å². The highest BCUT2D eigenvalue weighted by Crippen LogP contribution is 2.33. The average molecular weight is 358 g/mol. The monoisotopic (exact) mass is 358 g/mol. The first-order valence-electron chi connectivity index (χ1n) is 7.99. The predicted molar refractivity (Wildman–Crippen MR) is 90.6 cm³/mol. The maximum atomic E-state index is 12.4. The number of aliphatic hydroxyl groups excluding tert-OH is 2. The molecule has 7 nitrogen and oxygen atoms in total. The zero-order valence-electron chi connectivity index (χ0n) is 14.3. The summed E-state index contributed by atoms with van der Waals surface area (Å²) < 4.78 is 15.8. The van der Waals surface area contributed by atoms with Crippen molar-refractivity contribution >= 4 is 11.8 Å². The third-order valence-electron chi connectivity index (χ3n) is 3.99. The molecule has 0 bridgehead atoms. The van der Waals surface area contributed by atoms with Gasteiger partial charge in [-0.25, -0.2) is 4.79 Å². The van der Waals surface area contributed by atoms with Crippen LogP contribution in [0.15, 0.2) is 36.4 Å². The summed E-state index contributed by atoms with van der Waals surface area (Å²) in [4.78, 5) is 24.3. The predicted octanol–water partition coefficient (Wildman–Crippen LogP) is 2.25. The second-order valence-corrected chi connectivity index (χ2v) is 5.95. The van der Waals surface area contributed by atoms with Crippen molar-refractivity contribution < 1.29 is 34.0 Å². The van der Waals surface area contributed by atoms with Crippen molar-refractivity contribution in [2.45, 2.75) is 26.1 Å². The van der Waals surface area contributed by atoms with Gasteiger partial charge in [0.05, 0.1) is 17.2 Å². The number of fused-ring (bicyclic) bond motifs is 1. The summed E-state index contributed by atoms with van der Waals surface area (Å²) in [6.45, 7) is 2.85. The molecule has 2 N–H and O–H groups in total. The average Bonchev–Trinajstić information content (AvgIpc) is 3.08. The molecule has 0 fully saturated rings. The van der Waals surface area contributed by atoms with E-state index in [1.54, 1.807) is 6.07 Å². The first-order valence-corrected chi connectivity index (χ1v) is 7.99. The molecule has 0 aliphatic carbocycles. The Labute approximate surface area is 149 Å². The minimum absolute atomic E-state index is 0.0710. The van der Waals surface area contributed by atoms with Crippen molar-refractivity contribution in [3.63, 3.8) is 0 Å². The van der Waals surface area contributed by atoms with Gasteiger partial charge >= 0.3 is 5.97 Å². The van der Waals surface area contributed by atoms with Crippen LogP contribution < -0.4 is 14.2 Å². The molecule has 136 valence electrons. The van der Waals surface area contributed by atoms with E-state index in [0.29, 0.717) is 17.1 Å². The number of Topliss-reactive ketones (excluding diaryl/α,β-unsaturated/α-hetero) is 1. The molecule has 1 aliphatic rings. The first kappa shape index (κ1) is 17.9. The summed E-state index contributed by atoms with van der Waals surface area (Å²) in [5.41, 5.74) is 0.737. The van der Waals surface area contributed by atoms with E-state index in [1.807, 2.05) is 0 Å². The highest BCUT2D eigenvalue weighted by molar-refractivity contribution is 5.99. The van der Waals surface area contributed by atoms with Crippen molar-refractivity contribution in [2.24, 2.45) is 0 Å². The number of hydrogen-bond donors (Lipinski definition) is 2. The van der Waals surface area contributed by atoms with Crippen molar-refractivity contribution in [2.75, 3.05) is 6.79 Å². The highest BCUT2D eigenvalue weighted by Gasteiger charge is 2.21. The van der Waals surface area contributed by atoms with Crippen LogP contribution in [0.1, 0.15) is 46.2 Å². The lowest BCUT2D eigenvalue weighted by atomic mass is 10.0. The van der Waals surface area contributed by atoms with E-state index >= 15 is 0 Å². The Bertz CT molecular complexity index is 857. The van der Waals surface area contributed by atoms with Crippen molar-refractivity contribution in [3.05, 3.63) is 53.1 Å². The highest BCUT2D eigenvalue weighted by atomic mass is 16.7. The lowest BCUT2D eigenvalue weighted by Crippen LogP contribution is -2.15. The van der Waals surface area contributed by atoms with E-state index < -0.39 is 18.2 Å². The maximum absolute atomic E-state index is 12.4. The molecule has 2 aromatic carbocycles. The first-order chi connectivity index (χ1) is 12.4. The Hall–Kier alpha value is -2.90. The van der Waals surface area contributed by atoms with Crippen LogP contribution in [0.4, 0.5) is 0 Å². The summed E-state index contributed by atoms with van der Waals surface area (Å²) in [7, 11) is 0.